The van der Waals surface area contributed by atoms with Crippen LogP contribution in [0.1, 0.15) is 54.4 Å². The molecule has 5 N–H and O–H groups in total. The lowest BCUT2D eigenvalue weighted by atomic mass is 10.0. The molecule has 0 saturated carbocycles. The Bertz CT molecular complexity index is 721. The summed E-state index contributed by atoms with van der Waals surface area (Å²) in [6.45, 7) is 10.8. The maximum absolute atomic E-state index is 13.1. The molecule has 0 saturated heterocycles. The Hall–Kier alpha value is -3.05. The van der Waals surface area contributed by atoms with Crippen molar-refractivity contribution in [2.75, 3.05) is 33.7 Å². The van der Waals surface area contributed by atoms with Crippen LogP contribution in [0.3, 0.4) is 0 Å². The van der Waals surface area contributed by atoms with E-state index in [2.05, 4.69) is 16.0 Å². The third-order valence-electron chi connectivity index (χ3n) is 4.74. The number of nitrogens with zero attached hydrogens (tertiary/aromatic N) is 2. The molecule has 34 heavy (non-hydrogen) atoms. The molecule has 0 aliphatic heterocycles. The first-order valence-corrected chi connectivity index (χ1v) is 11.3. The zero-order valence-corrected chi connectivity index (χ0v) is 21.7. The molecular weight excluding hydrogens is 444 g/mol. The van der Waals surface area contributed by atoms with Crippen LogP contribution < -0.4 is 21.7 Å². The maximum atomic E-state index is 13.1. The fraction of sp³-hybridized carbons (Fsp3) is 0.773. The Morgan fingerprint density at radius 2 is 1.53 bits per heavy atom. The lowest BCUT2D eigenvalue weighted by molar-refractivity contribution is -0.137. The topological polar surface area (TPSA) is 163 Å². The number of nitrogens with two attached hydrogens (primary N) is 1. The van der Waals surface area contributed by atoms with Crippen molar-refractivity contribution in [2.24, 2.45) is 11.7 Å². The molecule has 2 atom stereocenters. The number of primary amides is 1. The summed E-state index contributed by atoms with van der Waals surface area (Å²) in [7, 11) is 3.14. The molecule has 196 valence electrons. The van der Waals surface area contributed by atoms with Gasteiger partial charge >= 0.3 is 12.1 Å². The van der Waals surface area contributed by atoms with E-state index in [4.69, 9.17) is 10.5 Å². The molecular formula is C22H42N6O6. The second kappa shape index (κ2) is 14.3. The number of hydrogen-bond acceptors (Lipinski definition) is 6. The molecule has 0 bridgehead atoms. The minimum Gasteiger partial charge on any atom is -0.444 e. The van der Waals surface area contributed by atoms with Crippen molar-refractivity contribution < 1.29 is 28.7 Å². The molecule has 12 heteroatoms. The van der Waals surface area contributed by atoms with Gasteiger partial charge in [0.25, 0.3) is 0 Å². The average molecular weight is 487 g/mol. The van der Waals surface area contributed by atoms with Gasteiger partial charge < -0.3 is 36.2 Å². The van der Waals surface area contributed by atoms with Crippen LogP contribution in [0.15, 0.2) is 0 Å². The SMILES string of the molecule is CC(=O)N[C@H](C(=O)N[C@@H](CCCNC(N)=O)C(=O)N(C)CCN(C)C(=O)OC(C)(C)C)C(C)C. The smallest absolute Gasteiger partial charge is 0.410 e. The fourth-order valence-electron chi connectivity index (χ4n) is 2.90. The standard InChI is InChI=1S/C22H42N6O6/c1-14(2)17(25-15(3)29)18(30)26-16(10-9-11-24-20(23)32)19(31)27(7)12-13-28(8)21(33)34-22(4,5)6/h14,16-17H,9-13H2,1-8H3,(H,25,29)(H,26,30)(H3,23,24,32)/t16-,17-/m0/s1. The van der Waals surface area contributed by atoms with Gasteiger partial charge in [-0.15, -0.1) is 0 Å². The number of hydrogen-bond donors (Lipinski definition) is 4. The van der Waals surface area contributed by atoms with Crippen molar-refractivity contribution >= 4 is 29.8 Å². The summed E-state index contributed by atoms with van der Waals surface area (Å²) in [6, 6.07) is -2.38. The Morgan fingerprint density at radius 1 is 0.971 bits per heavy atom. The van der Waals surface area contributed by atoms with Crippen LogP contribution in [0.25, 0.3) is 0 Å². The van der Waals surface area contributed by atoms with Crippen molar-refractivity contribution in [3.8, 4) is 0 Å². The van der Waals surface area contributed by atoms with Crippen molar-refractivity contribution in [1.82, 2.24) is 25.8 Å². The van der Waals surface area contributed by atoms with E-state index in [-0.39, 0.29) is 43.8 Å². The lowest BCUT2D eigenvalue weighted by Gasteiger charge is -2.29. The summed E-state index contributed by atoms with van der Waals surface area (Å²) in [5.41, 5.74) is 4.43. The highest BCUT2D eigenvalue weighted by Crippen LogP contribution is 2.10. The van der Waals surface area contributed by atoms with E-state index >= 15 is 0 Å². The summed E-state index contributed by atoms with van der Waals surface area (Å²) in [5, 5.41) is 7.77. The molecule has 0 spiro atoms. The van der Waals surface area contributed by atoms with E-state index in [1.807, 2.05) is 0 Å². The quantitative estimate of drug-likeness (QED) is 0.292. The Morgan fingerprint density at radius 3 is 2.00 bits per heavy atom. The highest BCUT2D eigenvalue weighted by molar-refractivity contribution is 5.91. The van der Waals surface area contributed by atoms with Gasteiger partial charge in [-0.05, 0) is 39.5 Å². The number of carbonyl (C=O) groups is 5. The summed E-state index contributed by atoms with van der Waals surface area (Å²) in [6.07, 6.45) is 0.116. The summed E-state index contributed by atoms with van der Waals surface area (Å²) >= 11 is 0. The van der Waals surface area contributed by atoms with E-state index < -0.39 is 35.7 Å². The Kier molecular flexibility index (Phi) is 13.0. The van der Waals surface area contributed by atoms with Gasteiger partial charge in [-0.25, -0.2) is 9.59 Å². The van der Waals surface area contributed by atoms with Crippen LogP contribution in [-0.2, 0) is 19.1 Å². The van der Waals surface area contributed by atoms with Crippen LogP contribution in [0.5, 0.6) is 0 Å². The maximum Gasteiger partial charge on any atom is 0.410 e. The monoisotopic (exact) mass is 486 g/mol. The van der Waals surface area contributed by atoms with Crippen molar-refractivity contribution in [3.05, 3.63) is 0 Å². The van der Waals surface area contributed by atoms with Crippen molar-refractivity contribution in [2.45, 2.75) is 72.1 Å². The molecule has 6 amide bonds. The molecule has 12 nitrogen and oxygen atoms in total. The van der Waals surface area contributed by atoms with E-state index in [1.165, 1.54) is 16.7 Å². The molecule has 0 fully saturated rings. The largest absolute Gasteiger partial charge is 0.444 e. The number of carbonyl (C=O) groups excluding carboxylic acids is 5. The molecule has 0 aromatic rings. The van der Waals surface area contributed by atoms with Crippen LogP contribution in [0, 0.1) is 5.92 Å². The normalized spacial score (nSPS) is 12.9. The molecule has 0 aliphatic rings. The van der Waals surface area contributed by atoms with Gasteiger partial charge in [0.05, 0.1) is 0 Å². The number of nitrogens with one attached hydrogen (secondary N) is 3. The van der Waals surface area contributed by atoms with Gasteiger partial charge in [-0.3, -0.25) is 14.4 Å². The first kappa shape index (κ1) is 30.9. The van der Waals surface area contributed by atoms with Crippen LogP contribution in [0.4, 0.5) is 9.59 Å². The van der Waals surface area contributed by atoms with Gasteiger partial charge in [0.15, 0.2) is 0 Å². The number of urea groups is 1. The first-order valence-electron chi connectivity index (χ1n) is 11.3. The predicted octanol–water partition coefficient (Wildman–Crippen LogP) is 0.406. The number of rotatable bonds is 12. The van der Waals surface area contributed by atoms with E-state index in [0.29, 0.717) is 6.42 Å². The van der Waals surface area contributed by atoms with Gasteiger partial charge in [0.2, 0.25) is 17.7 Å². The molecule has 0 rings (SSSR count). The molecule has 0 unspecified atom stereocenters. The van der Waals surface area contributed by atoms with E-state index in [1.54, 1.807) is 48.7 Å². The molecule has 0 aromatic carbocycles. The summed E-state index contributed by atoms with van der Waals surface area (Å²) in [4.78, 5) is 63.3. The molecule has 0 aliphatic carbocycles. The third-order valence-corrected chi connectivity index (χ3v) is 4.74. The second-order valence-electron chi connectivity index (χ2n) is 9.58. The minimum atomic E-state index is -0.894. The summed E-state index contributed by atoms with van der Waals surface area (Å²) < 4.78 is 5.30. The van der Waals surface area contributed by atoms with Crippen LogP contribution in [0.2, 0.25) is 0 Å². The van der Waals surface area contributed by atoms with Crippen molar-refractivity contribution in [1.29, 1.82) is 0 Å². The zero-order valence-electron chi connectivity index (χ0n) is 21.7. The second-order valence-corrected chi connectivity index (χ2v) is 9.58. The van der Waals surface area contributed by atoms with Gasteiger partial charge in [-0.2, -0.15) is 0 Å². The molecule has 0 radical (unpaired) electrons. The summed E-state index contributed by atoms with van der Waals surface area (Å²) in [5.74, 6) is -1.40. The molecule has 0 heterocycles. The zero-order chi connectivity index (χ0) is 26.6. The Labute approximate surface area is 202 Å². The van der Waals surface area contributed by atoms with Gasteiger partial charge in [0, 0.05) is 40.7 Å². The van der Waals surface area contributed by atoms with Crippen molar-refractivity contribution in [3.63, 3.8) is 0 Å². The van der Waals surface area contributed by atoms with Crippen LogP contribution in [-0.4, -0.2) is 91.1 Å². The van der Waals surface area contributed by atoms with Gasteiger partial charge in [-0.1, -0.05) is 13.8 Å². The number of amides is 6. The van der Waals surface area contributed by atoms with E-state index in [9.17, 15) is 24.0 Å². The first-order chi connectivity index (χ1) is 15.5. The van der Waals surface area contributed by atoms with Gasteiger partial charge in [0.1, 0.15) is 17.7 Å². The Balaban J connectivity index is 5.25. The minimum absolute atomic E-state index is 0.198. The fourth-order valence-corrected chi connectivity index (χ4v) is 2.90. The highest BCUT2D eigenvalue weighted by atomic mass is 16.6. The highest BCUT2D eigenvalue weighted by Gasteiger charge is 2.29. The lowest BCUT2D eigenvalue weighted by Crippen LogP contribution is -2.55. The average Bonchev–Trinajstić information content (AvgIpc) is 2.69. The number of ether oxygens (including phenoxy) is 1. The third kappa shape index (κ3) is 12.9. The molecule has 0 aromatic heterocycles. The number of likely N-dealkylation sites (N-methyl/N-ethyl adjacent to an activating group) is 2. The van der Waals surface area contributed by atoms with E-state index in [0.717, 1.165) is 0 Å². The predicted molar refractivity (Wildman–Crippen MR) is 128 cm³/mol. The van der Waals surface area contributed by atoms with Crippen LogP contribution >= 0.6 is 0 Å².